The summed E-state index contributed by atoms with van der Waals surface area (Å²) in [6.45, 7) is 1.75. The molecular formula is C18H18ClN3O2. The van der Waals surface area contributed by atoms with Crippen LogP contribution in [0.25, 0.3) is 22.4 Å². The predicted octanol–water partition coefficient (Wildman–Crippen LogP) is 3.62. The van der Waals surface area contributed by atoms with Crippen LogP contribution in [0.3, 0.4) is 0 Å². The van der Waals surface area contributed by atoms with E-state index in [9.17, 15) is 4.79 Å². The van der Waals surface area contributed by atoms with Crippen LogP contribution in [0.1, 0.15) is 18.9 Å². The minimum atomic E-state index is -0.940. The summed E-state index contributed by atoms with van der Waals surface area (Å²) >= 11 is 6.54. The van der Waals surface area contributed by atoms with Gasteiger partial charge < -0.3 is 15.5 Å². The highest BCUT2D eigenvalue weighted by molar-refractivity contribution is 6.36. The molecule has 3 rings (SSSR count). The van der Waals surface area contributed by atoms with Crippen LogP contribution in [0.2, 0.25) is 5.02 Å². The number of H-pyrrole nitrogens is 1. The summed E-state index contributed by atoms with van der Waals surface area (Å²) in [6, 6.07) is 13.5. The number of aromatic amines is 1. The molecule has 0 aliphatic rings. The number of nitrogens with one attached hydrogen (secondary N) is 1. The number of ether oxygens (including phenoxy) is 1. The van der Waals surface area contributed by atoms with Crippen LogP contribution in [-0.2, 0) is 15.1 Å². The average molecular weight is 344 g/mol. The topological polar surface area (TPSA) is 81.0 Å². The lowest BCUT2D eigenvalue weighted by molar-refractivity contribution is -0.141. The molecule has 0 amide bonds. The molecule has 0 aliphatic heterocycles. The third kappa shape index (κ3) is 3.00. The van der Waals surface area contributed by atoms with Crippen LogP contribution in [0.5, 0.6) is 0 Å². The molecule has 3 aromatic rings. The van der Waals surface area contributed by atoms with Crippen LogP contribution in [0.4, 0.5) is 0 Å². The standard InChI is InChI=1S/C18H18ClN3O2/c1-18(20,10-14(23)24-2)12-8-9-13-16(15(12)19)22-17(21-13)11-6-4-3-5-7-11/h3-9H,10,20H2,1-2H3,(H,21,22)/t18-/m0/s1. The van der Waals surface area contributed by atoms with Gasteiger partial charge in [-0.1, -0.05) is 48.0 Å². The van der Waals surface area contributed by atoms with Gasteiger partial charge in [0.15, 0.2) is 0 Å². The van der Waals surface area contributed by atoms with Gasteiger partial charge in [-0.25, -0.2) is 4.98 Å². The van der Waals surface area contributed by atoms with Crippen molar-refractivity contribution in [1.82, 2.24) is 9.97 Å². The first kappa shape index (κ1) is 16.5. The van der Waals surface area contributed by atoms with E-state index in [0.29, 0.717) is 16.1 Å². The second-order valence-corrected chi connectivity index (χ2v) is 6.32. The number of esters is 1. The Balaban J connectivity index is 2.06. The van der Waals surface area contributed by atoms with Gasteiger partial charge in [-0.15, -0.1) is 0 Å². The number of hydrogen-bond donors (Lipinski definition) is 2. The number of methoxy groups -OCH3 is 1. The quantitative estimate of drug-likeness (QED) is 0.709. The molecule has 0 aliphatic carbocycles. The molecule has 6 heteroatoms. The molecule has 1 aromatic heterocycles. The highest BCUT2D eigenvalue weighted by Gasteiger charge is 2.29. The summed E-state index contributed by atoms with van der Waals surface area (Å²) < 4.78 is 4.71. The molecule has 0 bridgehead atoms. The summed E-state index contributed by atoms with van der Waals surface area (Å²) in [5.74, 6) is 0.347. The number of carbonyl (C=O) groups excluding carboxylic acids is 1. The number of rotatable bonds is 4. The van der Waals surface area contributed by atoms with Crippen molar-refractivity contribution in [2.45, 2.75) is 18.9 Å². The number of fused-ring (bicyclic) bond motifs is 1. The SMILES string of the molecule is COC(=O)C[C@](C)(N)c1ccc2[nH]c(-c3ccccc3)nc2c1Cl. The zero-order valence-electron chi connectivity index (χ0n) is 13.5. The molecule has 0 radical (unpaired) electrons. The fourth-order valence-electron chi connectivity index (χ4n) is 2.68. The van der Waals surface area contributed by atoms with Crippen molar-refractivity contribution in [2.24, 2.45) is 5.73 Å². The Kier molecular flexibility index (Phi) is 4.30. The van der Waals surface area contributed by atoms with Gasteiger partial charge in [0.2, 0.25) is 0 Å². The van der Waals surface area contributed by atoms with Gasteiger partial charge in [0.1, 0.15) is 11.3 Å². The van der Waals surface area contributed by atoms with Gasteiger partial charge in [-0.3, -0.25) is 4.79 Å². The second kappa shape index (κ2) is 6.26. The molecular weight excluding hydrogens is 326 g/mol. The number of benzene rings is 2. The van der Waals surface area contributed by atoms with E-state index in [2.05, 4.69) is 9.97 Å². The van der Waals surface area contributed by atoms with Crippen LogP contribution in [0, 0.1) is 0 Å². The van der Waals surface area contributed by atoms with Crippen molar-refractivity contribution in [1.29, 1.82) is 0 Å². The average Bonchev–Trinajstić information content (AvgIpc) is 3.00. The first-order valence-corrected chi connectivity index (χ1v) is 7.90. The normalized spacial score (nSPS) is 13.7. The zero-order valence-corrected chi connectivity index (χ0v) is 14.2. The predicted molar refractivity (Wildman–Crippen MR) is 94.7 cm³/mol. The van der Waals surface area contributed by atoms with Crippen molar-refractivity contribution in [2.75, 3.05) is 7.11 Å². The van der Waals surface area contributed by atoms with Crippen LogP contribution in [0.15, 0.2) is 42.5 Å². The van der Waals surface area contributed by atoms with Gasteiger partial charge in [0.05, 0.1) is 29.6 Å². The number of nitrogens with zero attached hydrogens (tertiary/aromatic N) is 1. The highest BCUT2D eigenvalue weighted by atomic mass is 35.5. The Hall–Kier alpha value is -2.37. The molecule has 0 fully saturated rings. The van der Waals surface area contributed by atoms with E-state index in [1.54, 1.807) is 6.92 Å². The molecule has 1 atom stereocenters. The first-order valence-electron chi connectivity index (χ1n) is 7.52. The van der Waals surface area contributed by atoms with E-state index in [1.807, 2.05) is 42.5 Å². The van der Waals surface area contributed by atoms with Gasteiger partial charge in [0, 0.05) is 5.56 Å². The minimum Gasteiger partial charge on any atom is -0.469 e. The maximum Gasteiger partial charge on any atom is 0.307 e. The number of halogens is 1. The fourth-order valence-corrected chi connectivity index (χ4v) is 3.11. The largest absolute Gasteiger partial charge is 0.469 e. The van der Waals surface area contributed by atoms with Crippen LogP contribution >= 0.6 is 11.6 Å². The molecule has 5 nitrogen and oxygen atoms in total. The molecule has 24 heavy (non-hydrogen) atoms. The molecule has 2 aromatic carbocycles. The fraction of sp³-hybridized carbons (Fsp3) is 0.222. The molecule has 0 saturated heterocycles. The van der Waals surface area contributed by atoms with Crippen molar-refractivity contribution in [3.05, 3.63) is 53.1 Å². The van der Waals surface area contributed by atoms with Crippen molar-refractivity contribution in [3.63, 3.8) is 0 Å². The Morgan fingerprint density at radius 2 is 2.00 bits per heavy atom. The summed E-state index contributed by atoms with van der Waals surface area (Å²) in [7, 11) is 1.34. The third-order valence-corrected chi connectivity index (χ3v) is 4.38. The Labute approximate surface area is 144 Å². The van der Waals surface area contributed by atoms with Crippen LogP contribution in [-0.4, -0.2) is 23.0 Å². The van der Waals surface area contributed by atoms with E-state index in [-0.39, 0.29) is 12.4 Å². The number of carbonyl (C=O) groups is 1. The van der Waals surface area contributed by atoms with E-state index >= 15 is 0 Å². The maximum atomic E-state index is 11.6. The van der Waals surface area contributed by atoms with Crippen molar-refractivity contribution in [3.8, 4) is 11.4 Å². The molecule has 1 heterocycles. The number of nitrogens with two attached hydrogens (primary N) is 1. The van der Waals surface area contributed by atoms with E-state index in [4.69, 9.17) is 22.1 Å². The highest BCUT2D eigenvalue weighted by Crippen LogP contribution is 2.34. The lowest BCUT2D eigenvalue weighted by atomic mass is 9.89. The summed E-state index contributed by atoms with van der Waals surface area (Å²) in [5.41, 5.74) is 8.44. The molecule has 0 saturated carbocycles. The monoisotopic (exact) mass is 343 g/mol. The van der Waals surface area contributed by atoms with Crippen LogP contribution < -0.4 is 5.73 Å². The molecule has 3 N–H and O–H groups in total. The van der Waals surface area contributed by atoms with E-state index in [1.165, 1.54) is 7.11 Å². The van der Waals surface area contributed by atoms with Gasteiger partial charge in [-0.05, 0) is 18.6 Å². The lowest BCUT2D eigenvalue weighted by Gasteiger charge is -2.25. The Bertz CT molecular complexity index is 888. The number of aromatic nitrogens is 2. The van der Waals surface area contributed by atoms with Gasteiger partial charge in [0.25, 0.3) is 0 Å². The smallest absolute Gasteiger partial charge is 0.307 e. The summed E-state index contributed by atoms with van der Waals surface area (Å²) in [6.07, 6.45) is 0.0324. The van der Waals surface area contributed by atoms with Gasteiger partial charge in [-0.2, -0.15) is 0 Å². The Morgan fingerprint density at radius 1 is 1.29 bits per heavy atom. The van der Waals surface area contributed by atoms with Gasteiger partial charge >= 0.3 is 5.97 Å². The summed E-state index contributed by atoms with van der Waals surface area (Å²) in [4.78, 5) is 19.4. The molecule has 0 unspecified atom stereocenters. The molecule has 0 spiro atoms. The number of hydrogen-bond acceptors (Lipinski definition) is 4. The first-order chi connectivity index (χ1) is 11.4. The van der Waals surface area contributed by atoms with E-state index < -0.39 is 5.54 Å². The second-order valence-electron chi connectivity index (χ2n) is 5.95. The summed E-state index contributed by atoms with van der Waals surface area (Å²) in [5, 5.41) is 0.444. The molecule has 124 valence electrons. The third-order valence-electron chi connectivity index (χ3n) is 3.99. The van der Waals surface area contributed by atoms with E-state index in [0.717, 1.165) is 16.9 Å². The maximum absolute atomic E-state index is 11.6. The van der Waals surface area contributed by atoms with Crippen molar-refractivity contribution < 1.29 is 9.53 Å². The Morgan fingerprint density at radius 3 is 2.67 bits per heavy atom. The minimum absolute atomic E-state index is 0.0324. The zero-order chi connectivity index (χ0) is 17.3. The van der Waals surface area contributed by atoms with Crippen molar-refractivity contribution >= 4 is 28.6 Å². The lowest BCUT2D eigenvalue weighted by Crippen LogP contribution is -2.36. The number of imidazole rings is 1.